The van der Waals surface area contributed by atoms with Gasteiger partial charge in [-0.2, -0.15) is 0 Å². The first-order valence-corrected chi connectivity index (χ1v) is 7.43. The second-order valence-corrected chi connectivity index (χ2v) is 5.85. The van der Waals surface area contributed by atoms with Gasteiger partial charge in [0.2, 0.25) is 0 Å². The molecule has 19 heavy (non-hydrogen) atoms. The highest BCUT2D eigenvalue weighted by Crippen LogP contribution is 2.26. The molecule has 1 unspecified atom stereocenters. The van der Waals surface area contributed by atoms with Crippen LogP contribution >= 0.6 is 34.2 Å². The Kier molecular flexibility index (Phi) is 5.19. The molecule has 0 amide bonds. The molecule has 0 spiro atoms. The Bertz CT molecular complexity index is 574. The monoisotopic (exact) mass is 389 g/mol. The quantitative estimate of drug-likeness (QED) is 0.754. The van der Waals surface area contributed by atoms with Crippen LogP contribution in [0.5, 0.6) is 0 Å². The van der Waals surface area contributed by atoms with Gasteiger partial charge in [0.1, 0.15) is 5.82 Å². The summed E-state index contributed by atoms with van der Waals surface area (Å²) < 4.78 is 15.1. The van der Waals surface area contributed by atoms with Crippen LogP contribution < -0.4 is 5.32 Å². The van der Waals surface area contributed by atoms with E-state index in [1.807, 2.05) is 19.2 Å². The number of halogens is 3. The van der Waals surface area contributed by atoms with Crippen molar-refractivity contribution in [1.29, 1.82) is 0 Å². The molecule has 0 aromatic heterocycles. The predicted molar refractivity (Wildman–Crippen MR) is 86.1 cm³/mol. The maximum atomic E-state index is 14.0. The minimum Gasteiger partial charge on any atom is -0.313 e. The Hall–Kier alpha value is -0.650. The van der Waals surface area contributed by atoms with Crippen LogP contribution in [0, 0.1) is 9.39 Å². The standard InChI is InChI=1S/C15H14ClFIN/c1-19-14(11-6-2-3-8-13(11)18)9-10-5-4-7-12(16)15(10)17/h2-8,14,19H,9H2,1H3. The average Bonchev–Trinajstić information content (AvgIpc) is 2.41. The molecule has 0 bridgehead atoms. The summed E-state index contributed by atoms with van der Waals surface area (Å²) in [5.41, 5.74) is 1.80. The molecule has 0 radical (unpaired) electrons. The van der Waals surface area contributed by atoms with E-state index < -0.39 is 0 Å². The summed E-state index contributed by atoms with van der Waals surface area (Å²) in [4.78, 5) is 0. The van der Waals surface area contributed by atoms with Gasteiger partial charge in [-0.05, 0) is 59.3 Å². The van der Waals surface area contributed by atoms with Crippen molar-refractivity contribution in [2.45, 2.75) is 12.5 Å². The Balaban J connectivity index is 2.30. The van der Waals surface area contributed by atoms with Crippen LogP contribution in [0.25, 0.3) is 0 Å². The molecule has 100 valence electrons. The molecule has 2 aromatic carbocycles. The lowest BCUT2D eigenvalue weighted by Crippen LogP contribution is -2.20. The maximum Gasteiger partial charge on any atom is 0.145 e. The van der Waals surface area contributed by atoms with Crippen molar-refractivity contribution in [1.82, 2.24) is 5.32 Å². The molecule has 0 saturated heterocycles. The van der Waals surface area contributed by atoms with Gasteiger partial charge in [-0.25, -0.2) is 4.39 Å². The van der Waals surface area contributed by atoms with Gasteiger partial charge in [-0.15, -0.1) is 0 Å². The van der Waals surface area contributed by atoms with Crippen LogP contribution in [0.3, 0.4) is 0 Å². The Morgan fingerprint density at radius 3 is 2.63 bits per heavy atom. The minimum absolute atomic E-state index is 0.0704. The highest BCUT2D eigenvalue weighted by Gasteiger charge is 2.16. The van der Waals surface area contributed by atoms with Gasteiger partial charge in [-0.1, -0.05) is 41.9 Å². The lowest BCUT2D eigenvalue weighted by molar-refractivity contribution is 0.553. The number of benzene rings is 2. The van der Waals surface area contributed by atoms with E-state index >= 15 is 0 Å². The van der Waals surface area contributed by atoms with Gasteiger partial charge in [0.25, 0.3) is 0 Å². The topological polar surface area (TPSA) is 12.0 Å². The van der Waals surface area contributed by atoms with E-state index in [0.29, 0.717) is 12.0 Å². The van der Waals surface area contributed by atoms with Crippen molar-refractivity contribution < 1.29 is 4.39 Å². The molecule has 1 atom stereocenters. The van der Waals surface area contributed by atoms with Crippen molar-refractivity contribution in [3.63, 3.8) is 0 Å². The van der Waals surface area contributed by atoms with Gasteiger partial charge in [0.05, 0.1) is 5.02 Å². The fraction of sp³-hybridized carbons (Fsp3) is 0.200. The van der Waals surface area contributed by atoms with Crippen LogP contribution in [0.1, 0.15) is 17.2 Å². The highest BCUT2D eigenvalue weighted by atomic mass is 127. The zero-order valence-corrected chi connectivity index (χ0v) is 13.4. The number of hydrogen-bond donors (Lipinski definition) is 1. The van der Waals surface area contributed by atoms with Crippen molar-refractivity contribution in [3.8, 4) is 0 Å². The van der Waals surface area contributed by atoms with Crippen LogP contribution in [-0.4, -0.2) is 7.05 Å². The summed E-state index contributed by atoms with van der Waals surface area (Å²) in [6.45, 7) is 0. The second kappa shape index (κ2) is 6.68. The van der Waals surface area contributed by atoms with Crippen molar-refractivity contribution >= 4 is 34.2 Å². The Morgan fingerprint density at radius 1 is 1.21 bits per heavy atom. The van der Waals surface area contributed by atoms with Crippen LogP contribution in [-0.2, 0) is 6.42 Å². The molecule has 0 aliphatic carbocycles. The van der Waals surface area contributed by atoms with Crippen LogP contribution in [0.4, 0.5) is 4.39 Å². The fourth-order valence-corrected chi connectivity index (χ4v) is 3.01. The first-order chi connectivity index (χ1) is 9.13. The molecule has 0 fully saturated rings. The van der Waals surface area contributed by atoms with Gasteiger partial charge in [0, 0.05) is 9.61 Å². The van der Waals surface area contributed by atoms with Gasteiger partial charge in [-0.3, -0.25) is 0 Å². The predicted octanol–water partition coefficient (Wildman–Crippen LogP) is 4.59. The summed E-state index contributed by atoms with van der Waals surface area (Å²) in [6, 6.07) is 13.3. The zero-order chi connectivity index (χ0) is 13.8. The van der Waals surface area contributed by atoms with E-state index in [-0.39, 0.29) is 16.9 Å². The summed E-state index contributed by atoms with van der Waals surface area (Å²) in [5, 5.41) is 3.42. The van der Waals surface area contributed by atoms with Crippen molar-refractivity contribution in [2.75, 3.05) is 7.05 Å². The number of likely N-dealkylation sites (N-methyl/N-ethyl adjacent to an activating group) is 1. The maximum absolute atomic E-state index is 14.0. The minimum atomic E-state index is -0.324. The fourth-order valence-electron chi connectivity index (χ4n) is 2.05. The molecular weight excluding hydrogens is 376 g/mol. The third-order valence-corrected chi connectivity index (χ3v) is 4.36. The normalized spacial score (nSPS) is 12.4. The van der Waals surface area contributed by atoms with Crippen LogP contribution in [0.2, 0.25) is 5.02 Å². The number of hydrogen-bond acceptors (Lipinski definition) is 1. The molecule has 0 heterocycles. The lowest BCUT2D eigenvalue weighted by Gasteiger charge is -2.18. The van der Waals surface area contributed by atoms with E-state index in [9.17, 15) is 4.39 Å². The first-order valence-electron chi connectivity index (χ1n) is 5.98. The van der Waals surface area contributed by atoms with Crippen molar-refractivity contribution in [2.24, 2.45) is 0 Å². The van der Waals surface area contributed by atoms with E-state index in [0.717, 1.165) is 0 Å². The van der Waals surface area contributed by atoms with Crippen molar-refractivity contribution in [3.05, 3.63) is 68.0 Å². The smallest absolute Gasteiger partial charge is 0.145 e. The van der Waals surface area contributed by atoms with Crippen LogP contribution in [0.15, 0.2) is 42.5 Å². The molecule has 1 N–H and O–H groups in total. The molecular formula is C15H14ClFIN. The summed E-state index contributed by atoms with van der Waals surface area (Å²) in [7, 11) is 1.89. The molecule has 2 rings (SSSR count). The SMILES string of the molecule is CNC(Cc1cccc(Cl)c1F)c1ccccc1I. The molecule has 2 aromatic rings. The summed E-state index contributed by atoms with van der Waals surface area (Å²) in [6.07, 6.45) is 0.572. The number of rotatable bonds is 4. The van der Waals surface area contributed by atoms with Gasteiger partial charge < -0.3 is 5.32 Å². The number of nitrogens with one attached hydrogen (secondary N) is 1. The third kappa shape index (κ3) is 3.46. The average molecular weight is 390 g/mol. The Morgan fingerprint density at radius 2 is 1.95 bits per heavy atom. The summed E-state index contributed by atoms with van der Waals surface area (Å²) in [5.74, 6) is -0.324. The lowest BCUT2D eigenvalue weighted by atomic mass is 9.99. The largest absolute Gasteiger partial charge is 0.313 e. The second-order valence-electron chi connectivity index (χ2n) is 4.28. The van der Waals surface area contributed by atoms with E-state index in [4.69, 9.17) is 11.6 Å². The molecule has 0 aliphatic heterocycles. The van der Waals surface area contributed by atoms with E-state index in [1.165, 1.54) is 9.13 Å². The first kappa shape index (κ1) is 14.8. The Labute approximate surface area is 131 Å². The summed E-state index contributed by atoms with van der Waals surface area (Å²) >= 11 is 8.12. The van der Waals surface area contributed by atoms with E-state index in [1.54, 1.807) is 18.2 Å². The molecule has 0 aliphatic rings. The molecule has 4 heteroatoms. The highest BCUT2D eigenvalue weighted by molar-refractivity contribution is 14.1. The van der Waals surface area contributed by atoms with Gasteiger partial charge in [0.15, 0.2) is 0 Å². The molecule has 0 saturated carbocycles. The van der Waals surface area contributed by atoms with E-state index in [2.05, 4.69) is 40.0 Å². The zero-order valence-electron chi connectivity index (χ0n) is 10.5. The molecule has 1 nitrogen and oxygen atoms in total. The third-order valence-electron chi connectivity index (χ3n) is 3.08. The van der Waals surface area contributed by atoms with Gasteiger partial charge >= 0.3 is 0 Å².